The fourth-order valence-corrected chi connectivity index (χ4v) is 3.63. The number of rotatable bonds is 6. The van der Waals surface area contributed by atoms with Gasteiger partial charge in [0.25, 0.3) is 0 Å². The molecule has 0 radical (unpaired) electrons. The van der Waals surface area contributed by atoms with Crippen molar-refractivity contribution in [3.63, 3.8) is 0 Å². The molecule has 2 atom stereocenters. The van der Waals surface area contributed by atoms with Crippen molar-refractivity contribution in [3.8, 4) is 0 Å². The van der Waals surface area contributed by atoms with Gasteiger partial charge in [-0.05, 0) is 17.9 Å². The third-order valence-electron chi connectivity index (χ3n) is 3.48. The molecule has 22 heavy (non-hydrogen) atoms. The Balaban J connectivity index is 1.51. The number of aromatic nitrogens is 1. The second kappa shape index (κ2) is 7.82. The van der Waals surface area contributed by atoms with Crippen LogP contribution in [0.1, 0.15) is 17.0 Å². The zero-order valence-corrected chi connectivity index (χ0v) is 13.7. The topological polar surface area (TPSA) is 60.5 Å². The summed E-state index contributed by atoms with van der Waals surface area (Å²) < 4.78 is 11.4. The van der Waals surface area contributed by atoms with Gasteiger partial charge in [0.1, 0.15) is 0 Å². The summed E-state index contributed by atoms with van der Waals surface area (Å²) >= 11 is 3.15. The van der Waals surface area contributed by atoms with E-state index >= 15 is 0 Å². The first-order valence-corrected chi connectivity index (χ1v) is 9.01. The average molecular weight is 338 g/mol. The Morgan fingerprint density at radius 1 is 1.55 bits per heavy atom. The third-order valence-corrected chi connectivity index (χ3v) is 4.99. The zero-order chi connectivity index (χ0) is 15.2. The molecule has 1 saturated heterocycles. The van der Waals surface area contributed by atoms with Crippen LogP contribution in [0.5, 0.6) is 0 Å². The van der Waals surface area contributed by atoms with Gasteiger partial charge in [-0.15, -0.1) is 22.7 Å². The predicted octanol–water partition coefficient (Wildman–Crippen LogP) is 2.24. The van der Waals surface area contributed by atoms with E-state index in [1.807, 2.05) is 22.9 Å². The highest BCUT2D eigenvalue weighted by Crippen LogP contribution is 2.15. The quantitative estimate of drug-likeness (QED) is 0.877. The van der Waals surface area contributed by atoms with E-state index in [0.29, 0.717) is 26.2 Å². The predicted molar refractivity (Wildman–Crippen MR) is 86.1 cm³/mol. The summed E-state index contributed by atoms with van der Waals surface area (Å²) in [6, 6.07) is 3.83. The van der Waals surface area contributed by atoms with Crippen molar-refractivity contribution < 1.29 is 14.3 Å². The largest absolute Gasteiger partial charge is 0.379 e. The van der Waals surface area contributed by atoms with Crippen molar-refractivity contribution in [2.24, 2.45) is 0 Å². The first-order chi connectivity index (χ1) is 10.8. The van der Waals surface area contributed by atoms with Gasteiger partial charge in [0.2, 0.25) is 5.91 Å². The number of nitrogens with one attached hydrogen (secondary N) is 1. The summed E-state index contributed by atoms with van der Waals surface area (Å²) in [5.41, 5.74) is 2.73. The number of thiazole rings is 1. The number of ether oxygens (including phenoxy) is 2. The number of amides is 1. The molecule has 2 aromatic heterocycles. The highest BCUT2D eigenvalue weighted by molar-refractivity contribution is 7.10. The van der Waals surface area contributed by atoms with Gasteiger partial charge in [0, 0.05) is 16.9 Å². The van der Waals surface area contributed by atoms with Crippen LogP contribution in [-0.2, 0) is 27.3 Å². The van der Waals surface area contributed by atoms with Crippen molar-refractivity contribution in [1.82, 2.24) is 10.3 Å². The molecule has 0 aliphatic carbocycles. The second-order valence-corrected chi connectivity index (χ2v) is 6.87. The molecule has 0 bridgehead atoms. The number of hydrogen-bond donors (Lipinski definition) is 1. The van der Waals surface area contributed by atoms with Gasteiger partial charge in [-0.1, -0.05) is 6.07 Å². The van der Waals surface area contributed by atoms with Gasteiger partial charge >= 0.3 is 0 Å². The molecular weight excluding hydrogens is 320 g/mol. The molecule has 0 saturated carbocycles. The Labute approximate surface area is 137 Å². The van der Waals surface area contributed by atoms with Crippen LogP contribution in [0.15, 0.2) is 28.4 Å². The summed E-state index contributed by atoms with van der Waals surface area (Å²) in [6.45, 7) is 1.64. The fourth-order valence-electron chi connectivity index (χ4n) is 2.38. The smallest absolute Gasteiger partial charge is 0.225 e. The Bertz CT molecular complexity index is 572. The minimum absolute atomic E-state index is 0.0141. The summed E-state index contributed by atoms with van der Waals surface area (Å²) in [4.78, 5) is 17.4. The van der Waals surface area contributed by atoms with E-state index in [2.05, 4.69) is 10.3 Å². The minimum atomic E-state index is -0.0974. The average Bonchev–Trinajstić information content (AvgIpc) is 3.19. The molecule has 1 aliphatic heterocycles. The Hall–Kier alpha value is -1.28. The first-order valence-electron chi connectivity index (χ1n) is 7.19. The van der Waals surface area contributed by atoms with Crippen LogP contribution >= 0.6 is 22.7 Å². The van der Waals surface area contributed by atoms with Gasteiger partial charge in [-0.3, -0.25) is 4.79 Å². The molecule has 1 fully saturated rings. The van der Waals surface area contributed by atoms with Crippen molar-refractivity contribution in [1.29, 1.82) is 0 Å². The van der Waals surface area contributed by atoms with Crippen molar-refractivity contribution in [2.45, 2.75) is 31.6 Å². The molecule has 0 aromatic carbocycles. The molecule has 2 aromatic rings. The van der Waals surface area contributed by atoms with E-state index in [4.69, 9.17) is 9.47 Å². The van der Waals surface area contributed by atoms with Crippen LogP contribution in [0.4, 0.5) is 0 Å². The normalized spacial score (nSPS) is 21.6. The van der Waals surface area contributed by atoms with E-state index in [0.717, 1.165) is 17.0 Å². The molecule has 5 nitrogen and oxygen atoms in total. The molecule has 118 valence electrons. The lowest BCUT2D eigenvalue weighted by molar-refractivity contribution is -0.125. The highest BCUT2D eigenvalue weighted by atomic mass is 32.1. The fraction of sp³-hybridized carbons (Fsp3) is 0.467. The Morgan fingerprint density at radius 3 is 3.27 bits per heavy atom. The van der Waals surface area contributed by atoms with Gasteiger partial charge in [0.05, 0.1) is 43.0 Å². The van der Waals surface area contributed by atoms with Crippen LogP contribution in [0, 0.1) is 0 Å². The third kappa shape index (κ3) is 4.36. The number of hydrogen-bond acceptors (Lipinski definition) is 6. The van der Waals surface area contributed by atoms with E-state index in [9.17, 15) is 4.79 Å². The van der Waals surface area contributed by atoms with Crippen LogP contribution in [0.3, 0.4) is 0 Å². The molecular formula is C15H18N2O3S2. The summed E-state index contributed by atoms with van der Waals surface area (Å²) in [7, 11) is 0. The van der Waals surface area contributed by atoms with Gasteiger partial charge < -0.3 is 14.8 Å². The molecule has 7 heteroatoms. The summed E-state index contributed by atoms with van der Waals surface area (Å²) in [5.74, 6) is 0.0141. The van der Waals surface area contributed by atoms with E-state index in [1.165, 1.54) is 0 Å². The van der Waals surface area contributed by atoms with Gasteiger partial charge in [-0.2, -0.15) is 0 Å². The molecule has 1 aliphatic rings. The van der Waals surface area contributed by atoms with E-state index in [-0.39, 0.29) is 18.1 Å². The standard InChI is InChI=1S/C15H18N2O3S2/c18-15(6-12-2-1-5-22-12)17-13-8-19-4-3-14(13)20-7-11-9-21-10-16-11/h1-2,5,9-10,13-14H,3-4,6-8H2,(H,17,18)/t13-,14+/m1/s1. The lowest BCUT2D eigenvalue weighted by atomic mass is 10.1. The monoisotopic (exact) mass is 338 g/mol. The van der Waals surface area contributed by atoms with E-state index < -0.39 is 0 Å². The first kappa shape index (κ1) is 15.6. The van der Waals surface area contributed by atoms with Gasteiger partial charge in [-0.25, -0.2) is 4.98 Å². The van der Waals surface area contributed by atoms with Crippen LogP contribution in [0.2, 0.25) is 0 Å². The summed E-state index contributed by atoms with van der Waals surface area (Å²) in [5, 5.41) is 6.99. The molecule has 3 rings (SSSR count). The zero-order valence-electron chi connectivity index (χ0n) is 12.1. The lowest BCUT2D eigenvalue weighted by Gasteiger charge is -2.32. The maximum atomic E-state index is 12.1. The Morgan fingerprint density at radius 2 is 2.50 bits per heavy atom. The van der Waals surface area contributed by atoms with Crippen molar-refractivity contribution in [2.75, 3.05) is 13.2 Å². The Kier molecular flexibility index (Phi) is 5.55. The lowest BCUT2D eigenvalue weighted by Crippen LogP contribution is -2.50. The summed E-state index contributed by atoms with van der Waals surface area (Å²) in [6.07, 6.45) is 1.17. The number of nitrogens with zero attached hydrogens (tertiary/aromatic N) is 1. The molecule has 0 spiro atoms. The minimum Gasteiger partial charge on any atom is -0.379 e. The molecule has 1 amide bonds. The van der Waals surface area contributed by atoms with Crippen LogP contribution in [0.25, 0.3) is 0 Å². The molecule has 3 heterocycles. The van der Waals surface area contributed by atoms with Crippen LogP contribution < -0.4 is 5.32 Å². The number of thiophene rings is 1. The number of carbonyl (C=O) groups is 1. The van der Waals surface area contributed by atoms with Gasteiger partial charge in [0.15, 0.2) is 0 Å². The highest BCUT2D eigenvalue weighted by Gasteiger charge is 2.28. The SMILES string of the molecule is O=C(Cc1cccs1)N[C@@H]1COCC[C@@H]1OCc1cscn1. The maximum Gasteiger partial charge on any atom is 0.225 e. The second-order valence-electron chi connectivity index (χ2n) is 5.12. The van der Waals surface area contributed by atoms with Crippen molar-refractivity contribution >= 4 is 28.6 Å². The van der Waals surface area contributed by atoms with Crippen LogP contribution in [-0.4, -0.2) is 36.3 Å². The number of carbonyl (C=O) groups excluding carboxylic acids is 1. The van der Waals surface area contributed by atoms with Crippen molar-refractivity contribution in [3.05, 3.63) is 39.0 Å². The molecule has 0 unspecified atom stereocenters. The molecule has 1 N–H and O–H groups in total. The van der Waals surface area contributed by atoms with E-state index in [1.54, 1.807) is 28.2 Å². The maximum absolute atomic E-state index is 12.1.